The molecule has 3 rings (SSSR count). The van der Waals surface area contributed by atoms with Crippen LogP contribution >= 0.6 is 0 Å². The summed E-state index contributed by atoms with van der Waals surface area (Å²) in [6, 6.07) is 12.8. The second-order valence-corrected chi connectivity index (χ2v) is 6.46. The molecule has 0 saturated carbocycles. The number of aryl methyl sites for hydroxylation is 1. The zero-order chi connectivity index (χ0) is 21.8. The first-order valence-electron chi connectivity index (χ1n) is 9.02. The second-order valence-electron chi connectivity index (χ2n) is 6.46. The summed E-state index contributed by atoms with van der Waals surface area (Å²) in [5.41, 5.74) is 1.90. The molecule has 0 aliphatic rings. The van der Waals surface area contributed by atoms with Crippen molar-refractivity contribution in [1.82, 2.24) is 9.78 Å². The molecule has 30 heavy (non-hydrogen) atoms. The van der Waals surface area contributed by atoms with Crippen molar-refractivity contribution in [3.63, 3.8) is 0 Å². The van der Waals surface area contributed by atoms with Crippen LogP contribution in [0, 0.1) is 19.7 Å². The predicted molar refractivity (Wildman–Crippen MR) is 111 cm³/mol. The minimum atomic E-state index is -0.901. The fraction of sp³-hybridized carbons (Fsp3) is 0.0909. The molecular weight excluding hydrogens is 387 g/mol. The van der Waals surface area contributed by atoms with Crippen molar-refractivity contribution in [1.29, 1.82) is 0 Å². The standard InChI is InChI=1S/C22H19FN4O3/c1-4-19(28)25-18-12-15(10-11-17(18)23)24-22(30)21(29)20-13(2)26-27(14(20)3)16-8-6-5-7-9-16/h4-12H,1H2,2-3H3,(H,24,30)(H,25,28). The van der Waals surface area contributed by atoms with E-state index in [-0.39, 0.29) is 16.9 Å². The number of halogens is 1. The van der Waals surface area contributed by atoms with Gasteiger partial charge in [-0.15, -0.1) is 0 Å². The maximum absolute atomic E-state index is 13.9. The van der Waals surface area contributed by atoms with E-state index in [0.29, 0.717) is 11.4 Å². The highest BCUT2D eigenvalue weighted by atomic mass is 19.1. The third-order valence-corrected chi connectivity index (χ3v) is 4.39. The van der Waals surface area contributed by atoms with Gasteiger partial charge in [0.15, 0.2) is 0 Å². The molecule has 2 aromatic carbocycles. The van der Waals surface area contributed by atoms with Gasteiger partial charge in [0.25, 0.3) is 11.7 Å². The van der Waals surface area contributed by atoms with Gasteiger partial charge in [-0.3, -0.25) is 14.4 Å². The number of hydrogen-bond acceptors (Lipinski definition) is 4. The van der Waals surface area contributed by atoms with E-state index in [0.717, 1.165) is 17.8 Å². The number of nitrogens with one attached hydrogen (secondary N) is 2. The van der Waals surface area contributed by atoms with Gasteiger partial charge < -0.3 is 10.6 Å². The molecule has 7 nitrogen and oxygen atoms in total. The number of rotatable bonds is 6. The molecule has 2 N–H and O–H groups in total. The largest absolute Gasteiger partial charge is 0.320 e. The molecule has 1 heterocycles. The van der Waals surface area contributed by atoms with Crippen LogP contribution in [-0.2, 0) is 9.59 Å². The van der Waals surface area contributed by atoms with Gasteiger partial charge in [-0.05, 0) is 50.3 Å². The summed E-state index contributed by atoms with van der Waals surface area (Å²) in [5.74, 6) is -2.96. The molecule has 0 aliphatic heterocycles. The van der Waals surface area contributed by atoms with Gasteiger partial charge >= 0.3 is 0 Å². The molecule has 0 atom stereocenters. The number of carbonyl (C=O) groups is 3. The molecule has 2 amide bonds. The minimum Gasteiger partial charge on any atom is -0.320 e. The van der Waals surface area contributed by atoms with E-state index in [4.69, 9.17) is 0 Å². The molecule has 1 aromatic heterocycles. The molecule has 0 bridgehead atoms. The summed E-state index contributed by atoms with van der Waals surface area (Å²) < 4.78 is 15.5. The normalized spacial score (nSPS) is 10.4. The molecule has 0 aliphatic carbocycles. The van der Waals surface area contributed by atoms with E-state index >= 15 is 0 Å². The number of amides is 2. The van der Waals surface area contributed by atoms with Gasteiger partial charge in [0, 0.05) is 5.69 Å². The topological polar surface area (TPSA) is 93.1 Å². The number of ketones is 1. The Labute approximate surface area is 172 Å². The predicted octanol–water partition coefficient (Wildman–Crippen LogP) is 3.57. The maximum atomic E-state index is 13.9. The van der Waals surface area contributed by atoms with Gasteiger partial charge in [0.2, 0.25) is 5.91 Å². The molecule has 3 aromatic rings. The Kier molecular flexibility index (Phi) is 5.87. The Balaban J connectivity index is 1.84. The number of aromatic nitrogens is 2. The zero-order valence-corrected chi connectivity index (χ0v) is 16.4. The highest BCUT2D eigenvalue weighted by Crippen LogP contribution is 2.22. The van der Waals surface area contributed by atoms with Crippen molar-refractivity contribution in [2.45, 2.75) is 13.8 Å². The monoisotopic (exact) mass is 406 g/mol. The summed E-state index contributed by atoms with van der Waals surface area (Å²) >= 11 is 0. The summed E-state index contributed by atoms with van der Waals surface area (Å²) in [7, 11) is 0. The van der Waals surface area contributed by atoms with Gasteiger partial charge in [-0.25, -0.2) is 9.07 Å². The number of nitrogens with zero attached hydrogens (tertiary/aromatic N) is 2. The quantitative estimate of drug-likeness (QED) is 0.372. The Morgan fingerprint density at radius 1 is 1.07 bits per heavy atom. The fourth-order valence-corrected chi connectivity index (χ4v) is 2.98. The van der Waals surface area contributed by atoms with Crippen LogP contribution in [0.2, 0.25) is 0 Å². The van der Waals surface area contributed by atoms with Crippen molar-refractivity contribution >= 4 is 29.0 Å². The lowest BCUT2D eigenvalue weighted by atomic mass is 10.1. The summed E-state index contributed by atoms with van der Waals surface area (Å²) in [6.07, 6.45) is 0.990. The fourth-order valence-electron chi connectivity index (χ4n) is 2.98. The maximum Gasteiger partial charge on any atom is 0.296 e. The number of Topliss-reactive ketones (excluding diaryl/α,β-unsaturated/α-hetero) is 1. The van der Waals surface area contributed by atoms with Crippen molar-refractivity contribution in [3.05, 3.63) is 84.0 Å². The van der Waals surface area contributed by atoms with Gasteiger partial charge in [0.05, 0.1) is 28.3 Å². The smallest absolute Gasteiger partial charge is 0.296 e. The Morgan fingerprint density at radius 3 is 2.43 bits per heavy atom. The van der Waals surface area contributed by atoms with E-state index in [1.165, 1.54) is 12.1 Å². The molecule has 0 unspecified atom stereocenters. The van der Waals surface area contributed by atoms with Crippen LogP contribution in [0.4, 0.5) is 15.8 Å². The number of hydrogen-bond donors (Lipinski definition) is 2. The molecule has 0 spiro atoms. The van der Waals surface area contributed by atoms with Crippen molar-refractivity contribution in [2.75, 3.05) is 10.6 Å². The van der Waals surface area contributed by atoms with Gasteiger partial charge in [-0.2, -0.15) is 5.10 Å². The summed E-state index contributed by atoms with van der Waals surface area (Å²) in [6.45, 7) is 6.65. The lowest BCUT2D eigenvalue weighted by Gasteiger charge is -2.09. The average Bonchev–Trinajstić information content (AvgIpc) is 3.04. The molecular formula is C22H19FN4O3. The Bertz CT molecular complexity index is 1150. The molecule has 152 valence electrons. The van der Waals surface area contributed by atoms with Crippen LogP contribution < -0.4 is 10.6 Å². The minimum absolute atomic E-state index is 0.144. The third-order valence-electron chi connectivity index (χ3n) is 4.39. The van der Waals surface area contributed by atoms with Crippen molar-refractivity contribution in [3.8, 4) is 5.69 Å². The van der Waals surface area contributed by atoms with Crippen LogP contribution in [0.3, 0.4) is 0 Å². The highest BCUT2D eigenvalue weighted by Gasteiger charge is 2.25. The first-order chi connectivity index (χ1) is 14.3. The zero-order valence-electron chi connectivity index (χ0n) is 16.4. The van der Waals surface area contributed by atoms with E-state index in [1.807, 2.05) is 30.3 Å². The van der Waals surface area contributed by atoms with Crippen molar-refractivity contribution < 1.29 is 18.8 Å². The van der Waals surface area contributed by atoms with Gasteiger partial charge in [-0.1, -0.05) is 24.8 Å². The Morgan fingerprint density at radius 2 is 1.77 bits per heavy atom. The van der Waals surface area contributed by atoms with E-state index < -0.39 is 23.4 Å². The summed E-state index contributed by atoms with van der Waals surface area (Å²) in [5, 5.41) is 9.09. The van der Waals surface area contributed by atoms with E-state index in [9.17, 15) is 18.8 Å². The average molecular weight is 406 g/mol. The molecule has 0 radical (unpaired) electrons. The van der Waals surface area contributed by atoms with Crippen LogP contribution in [0.5, 0.6) is 0 Å². The number of anilines is 2. The SMILES string of the molecule is C=CC(=O)Nc1cc(NC(=O)C(=O)c2c(C)nn(-c3ccccc3)c2C)ccc1F. The first kappa shape index (κ1) is 20.7. The second kappa shape index (κ2) is 8.52. The number of benzene rings is 2. The number of para-hydroxylation sites is 1. The highest BCUT2D eigenvalue weighted by molar-refractivity contribution is 6.47. The van der Waals surface area contributed by atoms with Crippen molar-refractivity contribution in [2.24, 2.45) is 0 Å². The molecule has 0 fully saturated rings. The van der Waals surface area contributed by atoms with E-state index in [2.05, 4.69) is 22.3 Å². The number of carbonyl (C=O) groups excluding carboxylic acids is 3. The first-order valence-corrected chi connectivity index (χ1v) is 9.02. The molecule has 0 saturated heterocycles. The van der Waals surface area contributed by atoms with Crippen LogP contribution in [0.25, 0.3) is 5.69 Å². The molecule has 8 heteroatoms. The van der Waals surface area contributed by atoms with Gasteiger partial charge in [0.1, 0.15) is 5.82 Å². The van der Waals surface area contributed by atoms with E-state index in [1.54, 1.807) is 18.5 Å². The lowest BCUT2D eigenvalue weighted by molar-refractivity contribution is -0.112. The third kappa shape index (κ3) is 4.17. The summed E-state index contributed by atoms with van der Waals surface area (Å²) in [4.78, 5) is 36.7. The van der Waals surface area contributed by atoms with Crippen LogP contribution in [-0.4, -0.2) is 27.4 Å². The van der Waals surface area contributed by atoms with Crippen LogP contribution in [0.1, 0.15) is 21.7 Å². The van der Waals surface area contributed by atoms with Crippen LogP contribution in [0.15, 0.2) is 61.2 Å². The Hall–Kier alpha value is -4.07. The lowest BCUT2D eigenvalue weighted by Crippen LogP contribution is -2.24.